The van der Waals surface area contributed by atoms with Crippen LogP contribution in [0.1, 0.15) is 31.2 Å². The molecule has 3 atom stereocenters. The third kappa shape index (κ3) is 4.44. The Morgan fingerprint density at radius 3 is 2.67 bits per heavy atom. The van der Waals surface area contributed by atoms with Crippen molar-refractivity contribution in [1.29, 1.82) is 0 Å². The lowest BCUT2D eigenvalue weighted by molar-refractivity contribution is -0.133. The smallest absolute Gasteiger partial charge is 0.312 e. The van der Waals surface area contributed by atoms with Gasteiger partial charge in [-0.15, -0.1) is 11.3 Å². The van der Waals surface area contributed by atoms with Gasteiger partial charge in [-0.2, -0.15) is 0 Å². The van der Waals surface area contributed by atoms with Gasteiger partial charge in [0.1, 0.15) is 0 Å². The van der Waals surface area contributed by atoms with Crippen LogP contribution in [0.3, 0.4) is 0 Å². The van der Waals surface area contributed by atoms with Crippen molar-refractivity contribution in [2.24, 2.45) is 5.73 Å². The monoisotopic (exact) mass is 310 g/mol. The van der Waals surface area contributed by atoms with Gasteiger partial charge in [0.05, 0.1) is 12.5 Å². The van der Waals surface area contributed by atoms with E-state index in [1.165, 1.54) is 11.3 Å². The number of nitrogens with two attached hydrogens (primary N) is 1. The second kappa shape index (κ2) is 6.91. The van der Waals surface area contributed by atoms with Crippen molar-refractivity contribution in [1.82, 2.24) is 15.5 Å². The summed E-state index contributed by atoms with van der Waals surface area (Å²) in [7, 11) is 0. The number of piperazine rings is 1. The molecule has 1 aliphatic rings. The first-order valence-corrected chi connectivity index (χ1v) is 7.97. The first-order chi connectivity index (χ1) is 9.95. The normalized spacial score (nSPS) is 23.6. The second-order valence-electron chi connectivity index (χ2n) is 5.55. The lowest BCUT2D eigenvalue weighted by Gasteiger charge is -2.36. The summed E-state index contributed by atoms with van der Waals surface area (Å²) in [6.07, 6.45) is 0.239. The topological polar surface area (TPSA) is 87.5 Å². The number of amides is 3. The van der Waals surface area contributed by atoms with Gasteiger partial charge in [0, 0.05) is 30.1 Å². The molecule has 7 heteroatoms. The number of urea groups is 1. The van der Waals surface area contributed by atoms with Crippen LogP contribution in [0, 0.1) is 0 Å². The van der Waals surface area contributed by atoms with Gasteiger partial charge in [-0.25, -0.2) is 4.79 Å². The molecule has 1 aromatic rings. The summed E-state index contributed by atoms with van der Waals surface area (Å²) in [5.41, 5.74) is 5.22. The minimum absolute atomic E-state index is 0.0438. The summed E-state index contributed by atoms with van der Waals surface area (Å²) in [6.45, 7) is 5.51. The van der Waals surface area contributed by atoms with Crippen LogP contribution >= 0.6 is 11.3 Å². The Balaban J connectivity index is 2.02. The average Bonchev–Trinajstić information content (AvgIpc) is 2.89. The molecule has 2 rings (SSSR count). The molecule has 0 aromatic carbocycles. The van der Waals surface area contributed by atoms with Crippen LogP contribution in [0.15, 0.2) is 17.5 Å². The van der Waals surface area contributed by atoms with E-state index < -0.39 is 6.03 Å². The number of hydrogen-bond donors (Lipinski definition) is 3. The Labute approximate surface area is 128 Å². The van der Waals surface area contributed by atoms with E-state index in [0.29, 0.717) is 13.1 Å². The van der Waals surface area contributed by atoms with Crippen LogP contribution in [0.4, 0.5) is 4.79 Å². The minimum Gasteiger partial charge on any atom is -0.352 e. The summed E-state index contributed by atoms with van der Waals surface area (Å²) < 4.78 is 0. The highest BCUT2D eigenvalue weighted by atomic mass is 32.1. The van der Waals surface area contributed by atoms with Gasteiger partial charge >= 0.3 is 6.03 Å². The fraction of sp³-hybridized carbons (Fsp3) is 0.571. The third-order valence-corrected chi connectivity index (χ3v) is 4.48. The molecule has 3 amide bonds. The molecule has 0 unspecified atom stereocenters. The van der Waals surface area contributed by atoms with Crippen molar-refractivity contribution in [2.45, 2.75) is 38.4 Å². The summed E-state index contributed by atoms with van der Waals surface area (Å²) in [5, 5.41) is 7.98. The van der Waals surface area contributed by atoms with Crippen LogP contribution in [-0.4, -0.2) is 42.0 Å². The van der Waals surface area contributed by atoms with Crippen LogP contribution in [0.2, 0.25) is 0 Å². The van der Waals surface area contributed by atoms with Crippen molar-refractivity contribution >= 4 is 23.3 Å². The number of primary amides is 1. The lowest BCUT2D eigenvalue weighted by Crippen LogP contribution is -2.56. The van der Waals surface area contributed by atoms with E-state index >= 15 is 0 Å². The van der Waals surface area contributed by atoms with Gasteiger partial charge in [0.25, 0.3) is 0 Å². The van der Waals surface area contributed by atoms with E-state index in [2.05, 4.69) is 24.5 Å². The lowest BCUT2D eigenvalue weighted by atomic mass is 10.1. The van der Waals surface area contributed by atoms with Crippen LogP contribution in [-0.2, 0) is 4.79 Å². The van der Waals surface area contributed by atoms with Gasteiger partial charge < -0.3 is 21.3 Å². The van der Waals surface area contributed by atoms with E-state index in [1.54, 1.807) is 0 Å². The van der Waals surface area contributed by atoms with Crippen LogP contribution in [0.5, 0.6) is 0 Å². The zero-order valence-electron chi connectivity index (χ0n) is 12.3. The molecule has 1 saturated heterocycles. The Morgan fingerprint density at radius 2 is 2.14 bits per heavy atom. The maximum atomic E-state index is 12.5. The SMILES string of the molecule is C[C@@H]1CN(C(=O)C[C@@H](NC(N)=O)c2cccs2)C[C@@H](C)N1. The summed E-state index contributed by atoms with van der Waals surface area (Å²) >= 11 is 1.51. The molecule has 4 N–H and O–H groups in total. The number of nitrogens with one attached hydrogen (secondary N) is 2. The molecule has 2 heterocycles. The molecule has 1 aromatic heterocycles. The molecule has 1 fully saturated rings. The fourth-order valence-electron chi connectivity index (χ4n) is 2.72. The predicted molar refractivity (Wildman–Crippen MR) is 83.0 cm³/mol. The molecule has 21 heavy (non-hydrogen) atoms. The fourth-order valence-corrected chi connectivity index (χ4v) is 3.50. The van der Waals surface area contributed by atoms with Gasteiger partial charge in [0.2, 0.25) is 5.91 Å². The highest BCUT2D eigenvalue weighted by Gasteiger charge is 2.27. The molecule has 0 saturated carbocycles. The summed E-state index contributed by atoms with van der Waals surface area (Å²) in [5.74, 6) is 0.0438. The summed E-state index contributed by atoms with van der Waals surface area (Å²) in [6, 6.07) is 3.40. The number of hydrogen-bond acceptors (Lipinski definition) is 4. The van der Waals surface area contributed by atoms with Crippen LogP contribution in [0.25, 0.3) is 0 Å². The average molecular weight is 310 g/mol. The third-order valence-electron chi connectivity index (χ3n) is 3.49. The number of rotatable bonds is 4. The number of carbonyl (C=O) groups is 2. The molecule has 6 nitrogen and oxygen atoms in total. The minimum atomic E-state index is -0.608. The van der Waals surface area contributed by atoms with E-state index in [0.717, 1.165) is 4.88 Å². The van der Waals surface area contributed by atoms with Gasteiger partial charge in [-0.3, -0.25) is 4.79 Å². The number of thiophene rings is 1. The van der Waals surface area contributed by atoms with Gasteiger partial charge in [0.15, 0.2) is 0 Å². The highest BCUT2D eigenvalue weighted by molar-refractivity contribution is 7.10. The quantitative estimate of drug-likeness (QED) is 0.777. The Morgan fingerprint density at radius 1 is 1.48 bits per heavy atom. The second-order valence-corrected chi connectivity index (χ2v) is 6.53. The van der Waals surface area contributed by atoms with E-state index in [4.69, 9.17) is 5.73 Å². The number of carbonyl (C=O) groups excluding carboxylic acids is 2. The van der Waals surface area contributed by atoms with Crippen molar-refractivity contribution in [2.75, 3.05) is 13.1 Å². The first kappa shape index (κ1) is 15.8. The zero-order chi connectivity index (χ0) is 15.4. The summed E-state index contributed by atoms with van der Waals surface area (Å²) in [4.78, 5) is 26.4. The zero-order valence-corrected chi connectivity index (χ0v) is 13.2. The van der Waals surface area contributed by atoms with E-state index in [-0.39, 0.29) is 30.5 Å². The largest absolute Gasteiger partial charge is 0.352 e. The maximum absolute atomic E-state index is 12.5. The highest BCUT2D eigenvalue weighted by Crippen LogP contribution is 2.23. The van der Waals surface area contributed by atoms with Gasteiger partial charge in [-0.1, -0.05) is 6.07 Å². The molecule has 0 radical (unpaired) electrons. The standard InChI is InChI=1S/C14H22N4O2S/c1-9-7-18(8-10(2)16-9)13(19)6-11(17-14(15)20)12-4-3-5-21-12/h3-5,9-11,16H,6-8H2,1-2H3,(H3,15,17,20)/t9-,10-,11-/m1/s1. The van der Waals surface area contributed by atoms with Crippen molar-refractivity contribution in [3.63, 3.8) is 0 Å². The molecular formula is C14H22N4O2S. The van der Waals surface area contributed by atoms with E-state index in [1.807, 2.05) is 22.4 Å². The molecule has 0 bridgehead atoms. The molecule has 0 spiro atoms. The predicted octanol–water partition coefficient (Wildman–Crippen LogP) is 1.06. The van der Waals surface area contributed by atoms with Crippen molar-refractivity contribution in [3.8, 4) is 0 Å². The van der Waals surface area contributed by atoms with E-state index in [9.17, 15) is 9.59 Å². The van der Waals surface area contributed by atoms with Crippen molar-refractivity contribution < 1.29 is 9.59 Å². The molecule has 116 valence electrons. The Kier molecular flexibility index (Phi) is 5.19. The first-order valence-electron chi connectivity index (χ1n) is 7.09. The Bertz CT molecular complexity index is 481. The van der Waals surface area contributed by atoms with Crippen molar-refractivity contribution in [3.05, 3.63) is 22.4 Å². The van der Waals surface area contributed by atoms with Gasteiger partial charge in [-0.05, 0) is 25.3 Å². The van der Waals surface area contributed by atoms with Crippen LogP contribution < -0.4 is 16.4 Å². The number of nitrogens with zero attached hydrogens (tertiary/aromatic N) is 1. The Hall–Kier alpha value is -1.60. The molecule has 0 aliphatic carbocycles. The molecule has 1 aliphatic heterocycles. The maximum Gasteiger partial charge on any atom is 0.312 e. The molecular weight excluding hydrogens is 288 g/mol.